The van der Waals surface area contributed by atoms with E-state index in [1.807, 2.05) is 7.05 Å². The van der Waals surface area contributed by atoms with Gasteiger partial charge in [0.2, 0.25) is 0 Å². The number of para-hydroxylation sites is 1. The van der Waals surface area contributed by atoms with Gasteiger partial charge in [0, 0.05) is 31.2 Å². The number of hydrogen-bond acceptors (Lipinski definition) is 2. The van der Waals surface area contributed by atoms with Gasteiger partial charge in [-0.3, -0.25) is 4.99 Å². The lowest BCUT2D eigenvalue weighted by Crippen LogP contribution is -2.52. The van der Waals surface area contributed by atoms with Crippen molar-refractivity contribution in [2.24, 2.45) is 4.99 Å². The molecule has 2 N–H and O–H groups in total. The monoisotopic (exact) mass is 313 g/mol. The second-order valence-electron chi connectivity index (χ2n) is 7.57. The number of hydrogen-bond donors (Lipinski definition) is 2. The lowest BCUT2D eigenvalue weighted by Gasteiger charge is -2.38. The number of fused-ring (bicyclic) bond motifs is 2. The van der Waals surface area contributed by atoms with E-state index in [4.69, 9.17) is 0 Å². The van der Waals surface area contributed by atoms with Gasteiger partial charge in [-0.25, -0.2) is 0 Å². The summed E-state index contributed by atoms with van der Waals surface area (Å²) in [6.45, 7) is 1.62. The van der Waals surface area contributed by atoms with Crippen LogP contribution in [0.3, 0.4) is 0 Å². The highest BCUT2D eigenvalue weighted by Crippen LogP contribution is 2.50. The fourth-order valence-electron chi connectivity index (χ4n) is 4.60. The molecule has 0 bridgehead atoms. The van der Waals surface area contributed by atoms with E-state index in [2.05, 4.69) is 39.5 Å². The summed E-state index contributed by atoms with van der Waals surface area (Å²) in [6, 6.07) is 8.79. The molecule has 1 aromatic carbocycles. The number of benzene rings is 1. The van der Waals surface area contributed by atoms with E-state index < -0.39 is 5.60 Å². The summed E-state index contributed by atoms with van der Waals surface area (Å²) < 4.78 is 0. The Hall–Kier alpha value is -1.55. The highest BCUT2D eigenvalue weighted by molar-refractivity contribution is 5.98. The Balaban J connectivity index is 1.58. The number of aliphatic hydroxyl groups is 1. The first-order chi connectivity index (χ1) is 11.2. The molecular weight excluding hydrogens is 286 g/mol. The fraction of sp³-hybridized carbons (Fsp3) is 0.632. The van der Waals surface area contributed by atoms with Gasteiger partial charge in [0.1, 0.15) is 0 Å². The molecule has 0 unspecified atom stereocenters. The minimum absolute atomic E-state index is 0.307. The van der Waals surface area contributed by atoms with Crippen LogP contribution in [0.2, 0.25) is 0 Å². The summed E-state index contributed by atoms with van der Waals surface area (Å²) in [5, 5.41) is 13.8. The number of aliphatic imine (C=N–C) groups is 1. The molecule has 124 valence electrons. The van der Waals surface area contributed by atoms with E-state index >= 15 is 0 Å². The van der Waals surface area contributed by atoms with E-state index in [9.17, 15) is 5.11 Å². The maximum atomic E-state index is 10.4. The zero-order valence-electron chi connectivity index (χ0n) is 14.0. The molecule has 0 amide bonds. The molecule has 0 atom stereocenters. The molecule has 23 heavy (non-hydrogen) atoms. The molecule has 4 rings (SSSR count). The van der Waals surface area contributed by atoms with Crippen LogP contribution in [-0.2, 0) is 5.41 Å². The predicted molar refractivity (Wildman–Crippen MR) is 94.1 cm³/mol. The summed E-state index contributed by atoms with van der Waals surface area (Å²) in [6.07, 6.45) is 8.15. The quantitative estimate of drug-likeness (QED) is 0.652. The molecule has 1 spiro atoms. The molecule has 2 aliphatic carbocycles. The number of rotatable bonds is 2. The summed E-state index contributed by atoms with van der Waals surface area (Å²) in [7, 11) is 1.84. The Kier molecular flexibility index (Phi) is 3.60. The maximum Gasteiger partial charge on any atom is 0.198 e. The largest absolute Gasteiger partial charge is 0.388 e. The highest BCUT2D eigenvalue weighted by Gasteiger charge is 2.45. The smallest absolute Gasteiger partial charge is 0.198 e. The fourth-order valence-corrected chi connectivity index (χ4v) is 4.60. The van der Waals surface area contributed by atoms with Crippen LogP contribution in [0.15, 0.2) is 29.3 Å². The van der Waals surface area contributed by atoms with Gasteiger partial charge < -0.3 is 15.3 Å². The first kappa shape index (κ1) is 15.0. The van der Waals surface area contributed by atoms with Crippen LogP contribution in [0, 0.1) is 0 Å². The van der Waals surface area contributed by atoms with Crippen LogP contribution in [-0.4, -0.2) is 36.8 Å². The zero-order chi connectivity index (χ0) is 15.9. The standard InChI is InChI=1S/C19H27N3O/c1-20-17(21-13-19(23)11-6-12-19)22-14-18(9-4-5-10-18)15-7-2-3-8-16(15)22/h2-3,7-8,23H,4-6,9-14H2,1H3,(H,20,21). The van der Waals surface area contributed by atoms with Crippen LogP contribution < -0.4 is 10.2 Å². The van der Waals surface area contributed by atoms with Crippen molar-refractivity contribution in [3.8, 4) is 0 Å². The highest BCUT2D eigenvalue weighted by atomic mass is 16.3. The number of anilines is 1. The molecular formula is C19H27N3O. The minimum Gasteiger partial charge on any atom is -0.388 e. The maximum absolute atomic E-state index is 10.4. The molecule has 1 aliphatic heterocycles. The zero-order valence-corrected chi connectivity index (χ0v) is 14.0. The Labute approximate surface area is 138 Å². The van der Waals surface area contributed by atoms with Crippen LogP contribution >= 0.6 is 0 Å². The van der Waals surface area contributed by atoms with Gasteiger partial charge in [-0.2, -0.15) is 0 Å². The first-order valence-electron chi connectivity index (χ1n) is 8.96. The van der Waals surface area contributed by atoms with Crippen molar-refractivity contribution < 1.29 is 5.11 Å². The van der Waals surface area contributed by atoms with Crippen molar-refractivity contribution >= 4 is 11.6 Å². The van der Waals surface area contributed by atoms with Crippen molar-refractivity contribution in [1.82, 2.24) is 5.32 Å². The lowest BCUT2D eigenvalue weighted by atomic mass is 9.80. The Morgan fingerprint density at radius 1 is 1.17 bits per heavy atom. The van der Waals surface area contributed by atoms with Crippen molar-refractivity contribution in [2.75, 3.05) is 25.0 Å². The topological polar surface area (TPSA) is 47.9 Å². The van der Waals surface area contributed by atoms with Gasteiger partial charge in [-0.15, -0.1) is 0 Å². The molecule has 3 aliphatic rings. The Bertz CT molecular complexity index is 615. The van der Waals surface area contributed by atoms with Gasteiger partial charge >= 0.3 is 0 Å². The normalized spacial score (nSPS) is 24.6. The van der Waals surface area contributed by atoms with Crippen molar-refractivity contribution in [1.29, 1.82) is 0 Å². The third kappa shape index (κ3) is 2.44. The molecule has 1 aromatic rings. The van der Waals surface area contributed by atoms with Crippen molar-refractivity contribution in [3.63, 3.8) is 0 Å². The molecule has 2 saturated carbocycles. The van der Waals surface area contributed by atoms with Gasteiger partial charge in [0.05, 0.1) is 5.60 Å². The minimum atomic E-state index is -0.528. The molecule has 4 heteroatoms. The number of guanidine groups is 1. The Morgan fingerprint density at radius 3 is 2.57 bits per heavy atom. The van der Waals surface area contributed by atoms with Crippen LogP contribution in [0.1, 0.15) is 50.5 Å². The lowest BCUT2D eigenvalue weighted by molar-refractivity contribution is -0.0278. The molecule has 0 radical (unpaired) electrons. The third-order valence-electron chi connectivity index (χ3n) is 6.11. The van der Waals surface area contributed by atoms with Crippen LogP contribution in [0.4, 0.5) is 5.69 Å². The van der Waals surface area contributed by atoms with Gasteiger partial charge in [-0.05, 0) is 43.7 Å². The SMILES string of the molecule is CN=C(NCC1(O)CCC1)N1CC2(CCCC2)c2ccccc21. The molecule has 0 saturated heterocycles. The third-order valence-corrected chi connectivity index (χ3v) is 6.11. The second-order valence-corrected chi connectivity index (χ2v) is 7.57. The van der Waals surface area contributed by atoms with Crippen LogP contribution in [0.5, 0.6) is 0 Å². The molecule has 2 fully saturated rings. The number of nitrogens with zero attached hydrogens (tertiary/aromatic N) is 2. The Morgan fingerprint density at radius 2 is 1.91 bits per heavy atom. The van der Waals surface area contributed by atoms with Gasteiger partial charge in [-0.1, -0.05) is 31.0 Å². The van der Waals surface area contributed by atoms with E-state index in [1.54, 1.807) is 0 Å². The van der Waals surface area contributed by atoms with E-state index in [0.717, 1.165) is 31.8 Å². The average Bonchev–Trinajstić information content (AvgIpc) is 3.14. The van der Waals surface area contributed by atoms with Gasteiger partial charge in [0.15, 0.2) is 5.96 Å². The first-order valence-corrected chi connectivity index (χ1v) is 8.96. The molecule has 1 heterocycles. The summed E-state index contributed by atoms with van der Waals surface area (Å²) in [5.41, 5.74) is 2.56. The second kappa shape index (κ2) is 5.52. The average molecular weight is 313 g/mol. The van der Waals surface area contributed by atoms with Crippen molar-refractivity contribution in [3.05, 3.63) is 29.8 Å². The van der Waals surface area contributed by atoms with E-state index in [1.165, 1.54) is 36.9 Å². The summed E-state index contributed by atoms with van der Waals surface area (Å²) in [4.78, 5) is 6.84. The van der Waals surface area contributed by atoms with E-state index in [-0.39, 0.29) is 0 Å². The molecule has 0 aromatic heterocycles. The van der Waals surface area contributed by atoms with Crippen molar-refractivity contribution in [2.45, 2.75) is 56.0 Å². The summed E-state index contributed by atoms with van der Waals surface area (Å²) in [5.74, 6) is 0.904. The van der Waals surface area contributed by atoms with Crippen LogP contribution in [0.25, 0.3) is 0 Å². The van der Waals surface area contributed by atoms with Gasteiger partial charge in [0.25, 0.3) is 0 Å². The predicted octanol–water partition coefficient (Wildman–Crippen LogP) is 2.81. The summed E-state index contributed by atoms with van der Waals surface area (Å²) >= 11 is 0. The molecule has 4 nitrogen and oxygen atoms in total. The number of nitrogens with one attached hydrogen (secondary N) is 1. The van der Waals surface area contributed by atoms with E-state index in [0.29, 0.717) is 12.0 Å².